The van der Waals surface area contributed by atoms with E-state index >= 15 is 0 Å². The van der Waals surface area contributed by atoms with E-state index in [0.29, 0.717) is 13.0 Å². The fourth-order valence-electron chi connectivity index (χ4n) is 0.827. The summed E-state index contributed by atoms with van der Waals surface area (Å²) < 4.78 is 0. The second-order valence-electron chi connectivity index (χ2n) is 2.62. The van der Waals surface area contributed by atoms with Gasteiger partial charge in [-0.3, -0.25) is 0 Å². The largest absolute Gasteiger partial charge is 0.390 e. The molecule has 0 aromatic heterocycles. The molecule has 0 bridgehead atoms. The lowest BCUT2D eigenvalue weighted by molar-refractivity contribution is 0.139. The van der Waals surface area contributed by atoms with Gasteiger partial charge in [-0.15, -0.1) is 0 Å². The van der Waals surface area contributed by atoms with Gasteiger partial charge in [0.1, 0.15) is 0 Å². The van der Waals surface area contributed by atoms with Crippen molar-refractivity contribution in [3.8, 4) is 0 Å². The van der Waals surface area contributed by atoms with Gasteiger partial charge in [0.2, 0.25) is 0 Å². The zero-order valence-electron chi connectivity index (χ0n) is 6.61. The first-order valence-corrected chi connectivity index (χ1v) is 3.72. The molecule has 0 aliphatic rings. The number of hydrogen-bond donors (Lipinski definition) is 5. The number of aliphatic hydroxyl groups is 1. The van der Waals surface area contributed by atoms with Gasteiger partial charge in [0.05, 0.1) is 6.10 Å². The van der Waals surface area contributed by atoms with Crippen molar-refractivity contribution in [1.29, 1.82) is 0 Å². The van der Waals surface area contributed by atoms with Crippen LogP contribution >= 0.6 is 0 Å². The standard InChI is InChI=1S/C6H18N4O/c7-2-1-4(9)6(10)5(11)3-8/h4-6,11H,1-3,7-10H2. The summed E-state index contributed by atoms with van der Waals surface area (Å²) in [4.78, 5) is 0. The van der Waals surface area contributed by atoms with Crippen molar-refractivity contribution in [2.24, 2.45) is 22.9 Å². The predicted molar refractivity (Wildman–Crippen MR) is 44.7 cm³/mol. The summed E-state index contributed by atoms with van der Waals surface area (Å²) in [5.41, 5.74) is 21.6. The maximum absolute atomic E-state index is 9.15. The third kappa shape index (κ3) is 3.64. The van der Waals surface area contributed by atoms with Crippen molar-refractivity contribution < 1.29 is 5.11 Å². The average Bonchev–Trinajstić information content (AvgIpc) is 2.02. The summed E-state index contributed by atoms with van der Waals surface area (Å²) >= 11 is 0. The molecule has 3 unspecified atom stereocenters. The van der Waals surface area contributed by atoms with E-state index in [1.54, 1.807) is 0 Å². The molecular weight excluding hydrogens is 144 g/mol. The van der Waals surface area contributed by atoms with Gasteiger partial charge in [-0.1, -0.05) is 0 Å². The van der Waals surface area contributed by atoms with Crippen LogP contribution in [0.3, 0.4) is 0 Å². The molecule has 0 fully saturated rings. The average molecular weight is 162 g/mol. The van der Waals surface area contributed by atoms with Crippen LogP contribution in [0, 0.1) is 0 Å². The van der Waals surface area contributed by atoms with E-state index in [1.165, 1.54) is 0 Å². The van der Waals surface area contributed by atoms with Gasteiger partial charge < -0.3 is 28.0 Å². The van der Waals surface area contributed by atoms with Crippen molar-refractivity contribution in [1.82, 2.24) is 0 Å². The fourth-order valence-corrected chi connectivity index (χ4v) is 0.827. The first-order chi connectivity index (χ1) is 5.13. The lowest BCUT2D eigenvalue weighted by atomic mass is 10.0. The van der Waals surface area contributed by atoms with Crippen LogP contribution in [0.2, 0.25) is 0 Å². The number of nitrogens with two attached hydrogens (primary N) is 4. The highest BCUT2D eigenvalue weighted by molar-refractivity contribution is 4.83. The van der Waals surface area contributed by atoms with E-state index in [9.17, 15) is 0 Å². The summed E-state index contributed by atoms with van der Waals surface area (Å²) in [5, 5.41) is 9.15. The molecule has 0 aliphatic carbocycles. The van der Waals surface area contributed by atoms with Crippen LogP contribution in [0.1, 0.15) is 6.42 Å². The van der Waals surface area contributed by atoms with E-state index < -0.39 is 12.1 Å². The molecule has 0 aromatic carbocycles. The molecule has 0 heterocycles. The second-order valence-corrected chi connectivity index (χ2v) is 2.62. The molecule has 0 saturated carbocycles. The molecule has 0 rings (SSSR count). The zero-order chi connectivity index (χ0) is 8.85. The molecule has 5 heteroatoms. The summed E-state index contributed by atoms with van der Waals surface area (Å²) in [7, 11) is 0. The molecule has 68 valence electrons. The van der Waals surface area contributed by atoms with Crippen LogP contribution in [0.25, 0.3) is 0 Å². The lowest BCUT2D eigenvalue weighted by Gasteiger charge is -2.23. The van der Waals surface area contributed by atoms with Crippen LogP contribution < -0.4 is 22.9 Å². The zero-order valence-corrected chi connectivity index (χ0v) is 6.61. The first-order valence-electron chi connectivity index (χ1n) is 3.72. The Balaban J connectivity index is 3.70. The van der Waals surface area contributed by atoms with Gasteiger partial charge in [0, 0.05) is 18.6 Å². The van der Waals surface area contributed by atoms with Gasteiger partial charge in [-0.25, -0.2) is 0 Å². The Morgan fingerprint density at radius 2 is 1.73 bits per heavy atom. The number of rotatable bonds is 5. The second kappa shape index (κ2) is 5.45. The van der Waals surface area contributed by atoms with E-state index in [2.05, 4.69) is 0 Å². The van der Waals surface area contributed by atoms with Gasteiger partial charge >= 0.3 is 0 Å². The first kappa shape index (κ1) is 10.8. The van der Waals surface area contributed by atoms with Gasteiger partial charge in [-0.2, -0.15) is 0 Å². The quantitative estimate of drug-likeness (QED) is 0.301. The molecule has 0 spiro atoms. The highest BCUT2D eigenvalue weighted by atomic mass is 16.3. The SMILES string of the molecule is NCCC(N)C(N)C(O)CN. The predicted octanol–water partition coefficient (Wildman–Crippen LogP) is -2.69. The smallest absolute Gasteiger partial charge is 0.0828 e. The van der Waals surface area contributed by atoms with Gasteiger partial charge in [-0.05, 0) is 13.0 Å². The maximum atomic E-state index is 9.15. The van der Waals surface area contributed by atoms with Crippen molar-refractivity contribution in [3.05, 3.63) is 0 Å². The Labute approximate surface area is 66.7 Å². The van der Waals surface area contributed by atoms with Crippen LogP contribution in [-0.2, 0) is 0 Å². The van der Waals surface area contributed by atoms with E-state index in [1.807, 2.05) is 0 Å². The van der Waals surface area contributed by atoms with Crippen LogP contribution in [0.4, 0.5) is 0 Å². The Hall–Kier alpha value is -0.200. The lowest BCUT2D eigenvalue weighted by Crippen LogP contribution is -2.52. The highest BCUT2D eigenvalue weighted by Gasteiger charge is 2.19. The minimum absolute atomic E-state index is 0.138. The van der Waals surface area contributed by atoms with Crippen molar-refractivity contribution in [2.45, 2.75) is 24.6 Å². The number of aliphatic hydroxyl groups excluding tert-OH is 1. The topological polar surface area (TPSA) is 124 Å². The van der Waals surface area contributed by atoms with E-state index in [4.69, 9.17) is 28.0 Å². The molecule has 0 saturated heterocycles. The molecule has 9 N–H and O–H groups in total. The van der Waals surface area contributed by atoms with Crippen LogP contribution in [-0.4, -0.2) is 36.4 Å². The highest BCUT2D eigenvalue weighted by Crippen LogP contribution is 1.96. The Kier molecular flexibility index (Phi) is 5.35. The monoisotopic (exact) mass is 162 g/mol. The van der Waals surface area contributed by atoms with Crippen LogP contribution in [0.5, 0.6) is 0 Å². The summed E-state index contributed by atoms with van der Waals surface area (Å²) in [6, 6.07) is -0.734. The molecule has 5 nitrogen and oxygen atoms in total. The minimum Gasteiger partial charge on any atom is -0.390 e. The third-order valence-corrected chi connectivity index (χ3v) is 1.68. The molecule has 0 radical (unpaired) electrons. The molecule has 0 amide bonds. The molecule has 3 atom stereocenters. The fraction of sp³-hybridized carbons (Fsp3) is 1.00. The van der Waals surface area contributed by atoms with Gasteiger partial charge in [0.25, 0.3) is 0 Å². The summed E-state index contributed by atoms with van der Waals surface area (Å²) in [6.07, 6.45) is -0.116. The maximum Gasteiger partial charge on any atom is 0.0828 e. The summed E-state index contributed by atoms with van der Waals surface area (Å²) in [6.45, 7) is 0.617. The molecule has 0 aromatic rings. The number of hydrogen-bond acceptors (Lipinski definition) is 5. The Morgan fingerprint density at radius 1 is 1.18 bits per heavy atom. The normalized spacial score (nSPS) is 19.4. The van der Waals surface area contributed by atoms with Gasteiger partial charge in [0.15, 0.2) is 0 Å². The summed E-state index contributed by atoms with van der Waals surface area (Å²) in [5.74, 6) is 0. The van der Waals surface area contributed by atoms with Crippen molar-refractivity contribution in [3.63, 3.8) is 0 Å². The van der Waals surface area contributed by atoms with Crippen LogP contribution in [0.15, 0.2) is 0 Å². The van der Waals surface area contributed by atoms with E-state index in [0.717, 1.165) is 0 Å². The third-order valence-electron chi connectivity index (χ3n) is 1.68. The van der Waals surface area contributed by atoms with E-state index in [-0.39, 0.29) is 12.6 Å². The Morgan fingerprint density at radius 3 is 2.09 bits per heavy atom. The van der Waals surface area contributed by atoms with Crippen molar-refractivity contribution in [2.75, 3.05) is 13.1 Å². The minimum atomic E-state index is -0.725. The van der Waals surface area contributed by atoms with Crippen molar-refractivity contribution >= 4 is 0 Å². The molecular formula is C6H18N4O. The molecule has 0 aliphatic heterocycles. The Bertz CT molecular complexity index is 101. The molecule has 11 heavy (non-hydrogen) atoms.